The van der Waals surface area contributed by atoms with Gasteiger partial charge in [0.05, 0.1) is 17.3 Å². The smallest absolute Gasteiger partial charge is 0.328 e. The van der Waals surface area contributed by atoms with E-state index >= 15 is 0 Å². The van der Waals surface area contributed by atoms with Gasteiger partial charge in [0, 0.05) is 17.8 Å². The second-order valence-electron chi connectivity index (χ2n) is 5.67. The molecule has 0 bridgehead atoms. The van der Waals surface area contributed by atoms with Crippen LogP contribution in [0.15, 0.2) is 84.0 Å². The Kier molecular flexibility index (Phi) is 4.94. The predicted octanol–water partition coefficient (Wildman–Crippen LogP) is 3.20. The van der Waals surface area contributed by atoms with Gasteiger partial charge in [-0.3, -0.25) is 4.79 Å². The first-order valence-corrected chi connectivity index (χ1v) is 7.95. The van der Waals surface area contributed by atoms with Gasteiger partial charge in [-0.15, -0.1) is 0 Å². The molecule has 26 heavy (non-hydrogen) atoms. The molecule has 1 unspecified atom stereocenters. The number of aliphatic carboxylic acids is 1. The van der Waals surface area contributed by atoms with Crippen molar-refractivity contribution >= 4 is 29.1 Å². The van der Waals surface area contributed by atoms with Gasteiger partial charge in [0.15, 0.2) is 0 Å². The Bertz CT molecular complexity index is 917. The summed E-state index contributed by atoms with van der Waals surface area (Å²) in [5.74, 6) is -1.79. The van der Waals surface area contributed by atoms with Crippen LogP contribution in [0.4, 0.5) is 11.4 Å². The van der Waals surface area contributed by atoms with Gasteiger partial charge >= 0.3 is 5.97 Å². The van der Waals surface area contributed by atoms with E-state index in [2.05, 4.69) is 22.2 Å². The molecular formula is C20H17N3O3. The van der Waals surface area contributed by atoms with Crippen molar-refractivity contribution in [2.45, 2.75) is 5.92 Å². The third-order valence-electron chi connectivity index (χ3n) is 3.82. The zero-order valence-corrected chi connectivity index (χ0v) is 13.8. The lowest BCUT2D eigenvalue weighted by Gasteiger charge is -2.21. The first-order chi connectivity index (χ1) is 12.5. The summed E-state index contributed by atoms with van der Waals surface area (Å²) in [4.78, 5) is 27.4. The van der Waals surface area contributed by atoms with E-state index in [0.29, 0.717) is 17.2 Å². The Morgan fingerprint density at radius 1 is 1.08 bits per heavy atom. The highest BCUT2D eigenvalue weighted by atomic mass is 16.4. The lowest BCUT2D eigenvalue weighted by Crippen LogP contribution is -2.35. The quantitative estimate of drug-likeness (QED) is 0.744. The van der Waals surface area contributed by atoms with E-state index in [4.69, 9.17) is 5.11 Å². The summed E-state index contributed by atoms with van der Waals surface area (Å²) >= 11 is 0. The molecule has 1 amide bonds. The number of carbonyl (C=O) groups is 2. The first-order valence-electron chi connectivity index (χ1n) is 7.95. The van der Waals surface area contributed by atoms with Crippen LogP contribution in [-0.2, 0) is 9.59 Å². The fourth-order valence-corrected chi connectivity index (χ4v) is 2.70. The molecule has 2 aromatic carbocycles. The van der Waals surface area contributed by atoms with Crippen LogP contribution in [0.25, 0.3) is 0 Å². The SMILES string of the molecule is C=C1Nc2ccccc2N=C(NC(=O)C=CC(=O)O)C1c1ccccc1. The normalized spacial score (nSPS) is 16.2. The van der Waals surface area contributed by atoms with Crippen molar-refractivity contribution in [2.24, 2.45) is 4.99 Å². The molecule has 0 spiro atoms. The Balaban J connectivity index is 2.03. The molecule has 1 aliphatic rings. The molecule has 0 fully saturated rings. The van der Waals surface area contributed by atoms with E-state index in [9.17, 15) is 9.59 Å². The third-order valence-corrected chi connectivity index (χ3v) is 3.82. The van der Waals surface area contributed by atoms with E-state index in [1.54, 1.807) is 0 Å². The number of para-hydroxylation sites is 2. The molecule has 0 saturated heterocycles. The van der Waals surface area contributed by atoms with E-state index in [1.807, 2.05) is 54.6 Å². The summed E-state index contributed by atoms with van der Waals surface area (Å²) in [5.41, 5.74) is 3.00. The van der Waals surface area contributed by atoms with Gasteiger partial charge in [-0.2, -0.15) is 0 Å². The molecule has 0 aliphatic carbocycles. The molecule has 1 heterocycles. The Morgan fingerprint density at radius 2 is 1.77 bits per heavy atom. The monoisotopic (exact) mass is 347 g/mol. The van der Waals surface area contributed by atoms with Crippen molar-refractivity contribution in [3.05, 3.63) is 84.6 Å². The average molecular weight is 347 g/mol. The lowest BCUT2D eigenvalue weighted by molar-refractivity contribution is -0.131. The molecule has 6 heteroatoms. The van der Waals surface area contributed by atoms with E-state index in [0.717, 1.165) is 23.4 Å². The zero-order valence-electron chi connectivity index (χ0n) is 13.8. The number of hydrogen-bond acceptors (Lipinski definition) is 4. The van der Waals surface area contributed by atoms with Crippen molar-refractivity contribution in [1.82, 2.24) is 5.32 Å². The van der Waals surface area contributed by atoms with Crippen LogP contribution in [0.2, 0.25) is 0 Å². The number of anilines is 1. The van der Waals surface area contributed by atoms with Gasteiger partial charge in [0.2, 0.25) is 5.91 Å². The van der Waals surface area contributed by atoms with Gasteiger partial charge in [0.25, 0.3) is 0 Å². The van der Waals surface area contributed by atoms with Crippen LogP contribution in [0.5, 0.6) is 0 Å². The number of fused-ring (bicyclic) bond motifs is 1. The Hall–Kier alpha value is -3.67. The van der Waals surface area contributed by atoms with Crippen molar-refractivity contribution in [2.75, 3.05) is 5.32 Å². The first kappa shape index (κ1) is 17.2. The number of carboxylic acids is 1. The number of hydrogen-bond donors (Lipinski definition) is 3. The van der Waals surface area contributed by atoms with Crippen LogP contribution in [-0.4, -0.2) is 22.8 Å². The highest BCUT2D eigenvalue weighted by Crippen LogP contribution is 2.35. The minimum Gasteiger partial charge on any atom is -0.478 e. The second-order valence-corrected chi connectivity index (χ2v) is 5.67. The molecular weight excluding hydrogens is 330 g/mol. The fraction of sp³-hybridized carbons (Fsp3) is 0.0500. The van der Waals surface area contributed by atoms with Crippen molar-refractivity contribution in [1.29, 1.82) is 0 Å². The van der Waals surface area contributed by atoms with E-state index in [1.165, 1.54) is 0 Å². The van der Waals surface area contributed by atoms with Gasteiger partial charge in [0.1, 0.15) is 5.84 Å². The molecule has 3 rings (SSSR count). The molecule has 130 valence electrons. The summed E-state index contributed by atoms with van der Waals surface area (Å²) in [5, 5.41) is 14.6. The standard InChI is InChI=1S/C20H17N3O3/c1-13-19(14-7-3-2-4-8-14)20(23-17(24)11-12-18(25)26)22-16-10-6-5-9-15(16)21-13/h2-12,19,21H,1H2,(H,25,26)(H,22,23,24). The van der Waals surface area contributed by atoms with Crippen LogP contribution in [0.3, 0.4) is 0 Å². The molecule has 2 aromatic rings. The zero-order chi connectivity index (χ0) is 18.5. The number of aliphatic imine (C=N–C) groups is 1. The number of nitrogens with zero attached hydrogens (tertiary/aromatic N) is 1. The maximum atomic E-state index is 12.1. The maximum Gasteiger partial charge on any atom is 0.328 e. The van der Waals surface area contributed by atoms with Gasteiger partial charge in [-0.1, -0.05) is 49.0 Å². The highest BCUT2D eigenvalue weighted by molar-refractivity contribution is 6.09. The largest absolute Gasteiger partial charge is 0.478 e. The summed E-state index contributed by atoms with van der Waals surface area (Å²) in [6, 6.07) is 16.9. The van der Waals surface area contributed by atoms with Gasteiger partial charge < -0.3 is 15.7 Å². The minimum absolute atomic E-state index is 0.374. The molecule has 0 saturated carbocycles. The lowest BCUT2D eigenvalue weighted by atomic mass is 9.94. The number of amides is 1. The van der Waals surface area contributed by atoms with Crippen LogP contribution >= 0.6 is 0 Å². The van der Waals surface area contributed by atoms with E-state index < -0.39 is 17.8 Å². The van der Waals surface area contributed by atoms with Crippen LogP contribution < -0.4 is 10.6 Å². The van der Waals surface area contributed by atoms with Crippen molar-refractivity contribution in [3.8, 4) is 0 Å². The second kappa shape index (κ2) is 7.48. The number of carbonyl (C=O) groups excluding carboxylic acids is 1. The average Bonchev–Trinajstić information content (AvgIpc) is 2.76. The number of amidine groups is 1. The third kappa shape index (κ3) is 3.87. The number of carboxylic acid groups (broad SMARTS) is 1. The van der Waals surface area contributed by atoms with Crippen molar-refractivity contribution < 1.29 is 14.7 Å². The molecule has 6 nitrogen and oxygen atoms in total. The van der Waals surface area contributed by atoms with Crippen LogP contribution in [0.1, 0.15) is 11.5 Å². The molecule has 1 aliphatic heterocycles. The maximum absolute atomic E-state index is 12.1. The van der Waals surface area contributed by atoms with Gasteiger partial charge in [-0.25, -0.2) is 9.79 Å². The summed E-state index contributed by atoms with van der Waals surface area (Å²) in [7, 11) is 0. The topological polar surface area (TPSA) is 90.8 Å². The molecule has 0 radical (unpaired) electrons. The summed E-state index contributed by atoms with van der Waals surface area (Å²) < 4.78 is 0. The molecule has 3 N–H and O–H groups in total. The van der Waals surface area contributed by atoms with E-state index in [-0.39, 0.29) is 0 Å². The minimum atomic E-state index is -1.20. The highest BCUT2D eigenvalue weighted by Gasteiger charge is 2.26. The molecule has 0 aromatic heterocycles. The van der Waals surface area contributed by atoms with Crippen LogP contribution in [0, 0.1) is 0 Å². The van der Waals surface area contributed by atoms with Gasteiger partial charge in [-0.05, 0) is 17.7 Å². The predicted molar refractivity (Wildman–Crippen MR) is 100 cm³/mol. The summed E-state index contributed by atoms with van der Waals surface area (Å²) in [6.45, 7) is 4.11. The number of nitrogens with one attached hydrogen (secondary N) is 2. The summed E-state index contributed by atoms with van der Waals surface area (Å²) in [6.07, 6.45) is 1.74. The van der Waals surface area contributed by atoms with Crippen molar-refractivity contribution in [3.63, 3.8) is 0 Å². The molecule has 1 atom stereocenters. The Labute approximate surface area is 150 Å². The fourth-order valence-electron chi connectivity index (χ4n) is 2.70. The number of benzene rings is 2. The Morgan fingerprint density at radius 3 is 2.50 bits per heavy atom. The number of rotatable bonds is 3.